The van der Waals surface area contributed by atoms with Crippen LogP contribution in [-0.2, 0) is 4.74 Å². The Kier molecular flexibility index (Phi) is 3.65. The van der Waals surface area contributed by atoms with Gasteiger partial charge in [-0.15, -0.1) is 0 Å². The molecule has 56 valence electrons. The Morgan fingerprint density at radius 3 is 2.22 bits per heavy atom. The average Bonchev–Trinajstić information content (AvgIpc) is 1.59. The first kappa shape index (κ1) is 9.36. The van der Waals surface area contributed by atoms with Gasteiger partial charge in [0.1, 0.15) is 0 Å². The minimum absolute atomic E-state index is 0.696. The van der Waals surface area contributed by atoms with Crippen molar-refractivity contribution in [2.75, 3.05) is 6.61 Å². The minimum Gasteiger partial charge on any atom is -0.375 e. The molecule has 0 amide bonds. The highest BCUT2D eigenvalue weighted by atomic mass is 35.5. The molecule has 0 aromatic carbocycles. The zero-order valence-electron chi connectivity index (χ0n) is 4.15. The summed E-state index contributed by atoms with van der Waals surface area (Å²) in [6.07, 6.45) is 0. The number of alkyl halides is 4. The predicted octanol–water partition coefficient (Wildman–Crippen LogP) is 1.35. The fraction of sp³-hybridized carbons (Fsp3) is 1.00. The molecular formula is C3H4Cl2F2O2. The molecule has 0 aliphatic rings. The number of rotatable bonds is 3. The summed E-state index contributed by atoms with van der Waals surface area (Å²) in [6.45, 7) is -0.696. The molecule has 2 nitrogen and oxygen atoms in total. The van der Waals surface area contributed by atoms with Crippen LogP contribution in [0.1, 0.15) is 0 Å². The van der Waals surface area contributed by atoms with Crippen molar-refractivity contribution in [1.82, 2.24) is 0 Å². The van der Waals surface area contributed by atoms with Crippen molar-refractivity contribution >= 4 is 23.2 Å². The van der Waals surface area contributed by atoms with Gasteiger partial charge in [0.15, 0.2) is 5.56 Å². The van der Waals surface area contributed by atoms with Gasteiger partial charge >= 0.3 is 5.57 Å². The number of ether oxygens (including phenoxy) is 1. The Labute approximate surface area is 60.3 Å². The largest absolute Gasteiger partial charge is 0.440 e. The van der Waals surface area contributed by atoms with E-state index >= 15 is 0 Å². The summed E-state index contributed by atoms with van der Waals surface area (Å²) in [7, 11) is 0. The van der Waals surface area contributed by atoms with E-state index in [1.54, 1.807) is 0 Å². The highest BCUT2D eigenvalue weighted by Gasteiger charge is 2.26. The molecule has 0 radical (unpaired) electrons. The molecule has 1 N–H and O–H groups in total. The molecule has 0 rings (SSSR count). The van der Waals surface area contributed by atoms with Crippen LogP contribution < -0.4 is 0 Å². The third-order valence-electron chi connectivity index (χ3n) is 0.385. The number of halogens is 4. The fourth-order valence-corrected chi connectivity index (χ4v) is 0.289. The first-order chi connectivity index (χ1) is 3.92. The summed E-state index contributed by atoms with van der Waals surface area (Å²) in [5.41, 5.74) is -5.19. The smallest absolute Gasteiger partial charge is 0.375 e. The Bertz CT molecular complexity index is 82.4. The van der Waals surface area contributed by atoms with Crippen LogP contribution >= 0.6 is 23.2 Å². The van der Waals surface area contributed by atoms with Crippen molar-refractivity contribution in [2.24, 2.45) is 0 Å². The van der Waals surface area contributed by atoms with Gasteiger partial charge in [-0.1, -0.05) is 11.6 Å². The van der Waals surface area contributed by atoms with Gasteiger partial charge in [0.25, 0.3) is 0 Å². The maximum Gasteiger partial charge on any atom is 0.440 e. The van der Waals surface area contributed by atoms with Crippen LogP contribution in [0.3, 0.4) is 0 Å². The van der Waals surface area contributed by atoms with E-state index in [2.05, 4.69) is 16.3 Å². The molecule has 0 aromatic rings. The summed E-state index contributed by atoms with van der Waals surface area (Å²) < 4.78 is 26.5. The van der Waals surface area contributed by atoms with E-state index < -0.39 is 17.7 Å². The maximum absolute atomic E-state index is 11.5. The van der Waals surface area contributed by atoms with Gasteiger partial charge in [0.05, 0.1) is 6.61 Å². The number of hydrogen-bond acceptors (Lipinski definition) is 2. The lowest BCUT2D eigenvalue weighted by atomic mass is 10.8. The molecule has 1 atom stereocenters. The van der Waals surface area contributed by atoms with Gasteiger partial charge in [-0.3, -0.25) is 0 Å². The van der Waals surface area contributed by atoms with Gasteiger partial charge in [0, 0.05) is 0 Å². The number of aliphatic hydroxyl groups excluding tert-OH is 1. The molecule has 0 saturated carbocycles. The molecule has 0 fully saturated rings. The fourth-order valence-electron chi connectivity index (χ4n) is 0.163. The van der Waals surface area contributed by atoms with E-state index in [1.165, 1.54) is 0 Å². The third kappa shape index (κ3) is 8.36. The molecule has 0 aliphatic carbocycles. The molecule has 0 saturated heterocycles. The zero-order chi connectivity index (χ0) is 7.49. The standard InChI is InChI=1S/C3H4Cl2F2O2/c4-2(8)1-9-3(5,6)7/h2,8H,1H2. The summed E-state index contributed by atoms with van der Waals surface area (Å²) in [6, 6.07) is 0. The molecule has 0 bridgehead atoms. The highest BCUT2D eigenvalue weighted by Crippen LogP contribution is 2.20. The van der Waals surface area contributed by atoms with Gasteiger partial charge in [-0.2, -0.15) is 8.78 Å². The van der Waals surface area contributed by atoms with Gasteiger partial charge in [-0.25, -0.2) is 0 Å². The molecule has 0 aromatic heterocycles. The Hall–Kier alpha value is 0.360. The van der Waals surface area contributed by atoms with Crippen molar-refractivity contribution in [3.63, 3.8) is 0 Å². The summed E-state index contributed by atoms with van der Waals surface area (Å²) in [5, 5.41) is 8.16. The topological polar surface area (TPSA) is 29.5 Å². The molecular weight excluding hydrogens is 177 g/mol. The van der Waals surface area contributed by atoms with Crippen LogP contribution in [0.25, 0.3) is 0 Å². The van der Waals surface area contributed by atoms with Gasteiger partial charge < -0.3 is 9.84 Å². The SMILES string of the molecule is OC(Cl)COC(F)(F)Cl. The average molecular weight is 181 g/mol. The van der Waals surface area contributed by atoms with E-state index in [0.717, 1.165) is 0 Å². The Balaban J connectivity index is 3.28. The lowest BCUT2D eigenvalue weighted by Gasteiger charge is -2.08. The maximum atomic E-state index is 11.5. The summed E-state index contributed by atoms with van der Waals surface area (Å²) >= 11 is 9.07. The van der Waals surface area contributed by atoms with Crippen molar-refractivity contribution < 1.29 is 18.6 Å². The Morgan fingerprint density at radius 2 is 2.11 bits per heavy atom. The lowest BCUT2D eigenvalue weighted by molar-refractivity contribution is -0.178. The summed E-state index contributed by atoms with van der Waals surface area (Å²) in [4.78, 5) is 0. The number of aliphatic hydroxyl groups is 1. The van der Waals surface area contributed by atoms with Crippen LogP contribution in [0, 0.1) is 0 Å². The second kappa shape index (κ2) is 3.51. The molecule has 0 aliphatic heterocycles. The highest BCUT2D eigenvalue weighted by molar-refractivity contribution is 6.21. The first-order valence-corrected chi connectivity index (χ1v) is 2.76. The molecule has 0 heterocycles. The predicted molar refractivity (Wildman–Crippen MR) is 28.6 cm³/mol. The number of hydrogen-bond donors (Lipinski definition) is 1. The van der Waals surface area contributed by atoms with Crippen LogP contribution in [0.5, 0.6) is 0 Å². The molecule has 6 heteroatoms. The second-order valence-electron chi connectivity index (χ2n) is 1.19. The first-order valence-electron chi connectivity index (χ1n) is 1.94. The monoisotopic (exact) mass is 180 g/mol. The van der Waals surface area contributed by atoms with Crippen LogP contribution in [0.2, 0.25) is 0 Å². The molecule has 9 heavy (non-hydrogen) atoms. The Morgan fingerprint density at radius 1 is 1.67 bits per heavy atom. The van der Waals surface area contributed by atoms with E-state index in [1.807, 2.05) is 0 Å². The van der Waals surface area contributed by atoms with Crippen molar-refractivity contribution in [1.29, 1.82) is 0 Å². The lowest BCUT2D eigenvalue weighted by Crippen LogP contribution is -2.18. The summed E-state index contributed by atoms with van der Waals surface area (Å²) in [5.74, 6) is 0. The molecule has 0 spiro atoms. The van der Waals surface area contributed by atoms with Gasteiger partial charge in [0.2, 0.25) is 0 Å². The van der Waals surface area contributed by atoms with Crippen molar-refractivity contribution in [3.05, 3.63) is 0 Å². The van der Waals surface area contributed by atoms with E-state index in [9.17, 15) is 8.78 Å². The zero-order valence-corrected chi connectivity index (χ0v) is 5.66. The minimum atomic E-state index is -3.74. The van der Waals surface area contributed by atoms with Gasteiger partial charge in [-0.05, 0) is 11.6 Å². The quantitative estimate of drug-likeness (QED) is 0.665. The van der Waals surface area contributed by atoms with E-state index in [-0.39, 0.29) is 0 Å². The van der Waals surface area contributed by atoms with Crippen LogP contribution in [-0.4, -0.2) is 22.8 Å². The van der Waals surface area contributed by atoms with Crippen LogP contribution in [0.4, 0.5) is 8.78 Å². The van der Waals surface area contributed by atoms with Crippen molar-refractivity contribution in [3.8, 4) is 0 Å². The van der Waals surface area contributed by atoms with E-state index in [0.29, 0.717) is 0 Å². The normalized spacial score (nSPS) is 15.7. The molecule has 1 unspecified atom stereocenters. The van der Waals surface area contributed by atoms with E-state index in [4.69, 9.17) is 16.7 Å². The van der Waals surface area contributed by atoms with Crippen LogP contribution in [0.15, 0.2) is 0 Å². The third-order valence-corrected chi connectivity index (χ3v) is 0.620. The second-order valence-corrected chi connectivity index (χ2v) is 2.14. The van der Waals surface area contributed by atoms with Crippen molar-refractivity contribution in [2.45, 2.75) is 11.1 Å².